The van der Waals surface area contributed by atoms with Crippen molar-refractivity contribution in [2.45, 2.75) is 19.1 Å². The molecule has 4 rings (SSSR count). The minimum absolute atomic E-state index is 0.0261. The van der Waals surface area contributed by atoms with E-state index in [1.54, 1.807) is 24.3 Å². The smallest absolute Gasteiger partial charge is 0.329 e. The highest BCUT2D eigenvalue weighted by Gasteiger charge is 2.24. The Balaban J connectivity index is 1.40. The first-order chi connectivity index (χ1) is 16.2. The molecule has 0 aliphatic carbocycles. The normalized spacial score (nSPS) is 11.4. The Morgan fingerprint density at radius 3 is 2.21 bits per heavy atom. The Labute approximate surface area is 196 Å². The fourth-order valence-corrected chi connectivity index (χ4v) is 3.91. The van der Waals surface area contributed by atoms with Crippen LogP contribution in [-0.2, 0) is 22.6 Å². The number of hydrogen-bond donors (Lipinski definition) is 2. The summed E-state index contributed by atoms with van der Waals surface area (Å²) in [5.41, 5.74) is 2.98. The van der Waals surface area contributed by atoms with Gasteiger partial charge in [0.2, 0.25) is 0 Å². The van der Waals surface area contributed by atoms with Crippen LogP contribution in [0.5, 0.6) is 0 Å². The minimum Gasteiger partial charge on any atom is -0.458 e. The second kappa shape index (κ2) is 11.1. The Morgan fingerprint density at radius 1 is 0.879 bits per heavy atom. The largest absolute Gasteiger partial charge is 0.458 e. The molecule has 1 atom stereocenters. The van der Waals surface area contributed by atoms with Gasteiger partial charge in [0, 0.05) is 23.1 Å². The molecule has 1 aromatic heterocycles. The van der Waals surface area contributed by atoms with E-state index in [0.29, 0.717) is 22.8 Å². The number of anilines is 2. The van der Waals surface area contributed by atoms with Gasteiger partial charge in [-0.3, -0.25) is 4.79 Å². The number of esters is 1. The quantitative estimate of drug-likeness (QED) is 0.347. The van der Waals surface area contributed by atoms with E-state index in [2.05, 4.69) is 15.6 Å². The number of nitrogens with one attached hydrogen (secondary N) is 2. The van der Waals surface area contributed by atoms with Crippen molar-refractivity contribution in [1.29, 1.82) is 0 Å². The van der Waals surface area contributed by atoms with E-state index in [1.165, 1.54) is 11.3 Å². The lowest BCUT2D eigenvalue weighted by atomic mass is 10.1. The molecule has 2 N–H and O–H groups in total. The first kappa shape index (κ1) is 22.2. The van der Waals surface area contributed by atoms with E-state index in [-0.39, 0.29) is 12.5 Å². The zero-order valence-electron chi connectivity index (χ0n) is 17.8. The first-order valence-electron chi connectivity index (χ1n) is 10.5. The molecule has 33 heavy (non-hydrogen) atoms. The number of thiazole rings is 1. The number of aromatic nitrogens is 1. The van der Waals surface area contributed by atoms with Crippen molar-refractivity contribution in [3.8, 4) is 0 Å². The summed E-state index contributed by atoms with van der Waals surface area (Å²) in [6.07, 6.45) is 0.329. The summed E-state index contributed by atoms with van der Waals surface area (Å²) >= 11 is 1.43. The van der Waals surface area contributed by atoms with E-state index in [0.717, 1.165) is 11.3 Å². The van der Waals surface area contributed by atoms with E-state index in [9.17, 15) is 9.59 Å². The lowest BCUT2D eigenvalue weighted by Crippen LogP contribution is -2.43. The molecule has 3 aromatic carbocycles. The van der Waals surface area contributed by atoms with Crippen molar-refractivity contribution in [2.75, 3.05) is 5.32 Å². The third-order valence-electron chi connectivity index (χ3n) is 4.85. The van der Waals surface area contributed by atoms with Gasteiger partial charge in [-0.1, -0.05) is 66.7 Å². The van der Waals surface area contributed by atoms with Crippen LogP contribution in [0, 0.1) is 0 Å². The minimum atomic E-state index is -0.819. The molecule has 4 aromatic rings. The number of nitrogens with zero attached hydrogens (tertiary/aromatic N) is 1. The Hall–Kier alpha value is -3.97. The summed E-state index contributed by atoms with van der Waals surface area (Å²) in [6.45, 7) is 0.0261. The van der Waals surface area contributed by atoms with Crippen LogP contribution in [-0.4, -0.2) is 22.9 Å². The van der Waals surface area contributed by atoms with Crippen molar-refractivity contribution in [2.24, 2.45) is 0 Å². The van der Waals surface area contributed by atoms with Crippen LogP contribution in [0.25, 0.3) is 0 Å². The number of carbonyl (C=O) groups is 2. The summed E-state index contributed by atoms with van der Waals surface area (Å²) in [5.74, 6) is -0.829. The standard InChI is InChI=1S/C26H23N3O3S/c30-24(20-12-6-2-7-13-20)29-23(16-19-10-4-1-5-11-19)25(31)32-17-22-18-33-26(28-22)27-21-14-8-3-9-15-21/h1-15,18,23H,16-17H2,(H,27,28)(H,29,30). The zero-order valence-corrected chi connectivity index (χ0v) is 18.6. The van der Waals surface area contributed by atoms with Crippen LogP contribution in [0.1, 0.15) is 21.6 Å². The van der Waals surface area contributed by atoms with Gasteiger partial charge in [0.05, 0.1) is 5.69 Å². The third-order valence-corrected chi connectivity index (χ3v) is 5.65. The number of benzene rings is 3. The molecule has 0 bridgehead atoms. The van der Waals surface area contributed by atoms with Crippen LogP contribution in [0.3, 0.4) is 0 Å². The molecule has 6 nitrogen and oxygen atoms in total. The van der Waals surface area contributed by atoms with Crippen molar-refractivity contribution in [3.05, 3.63) is 113 Å². The molecule has 0 fully saturated rings. The predicted molar refractivity (Wildman–Crippen MR) is 129 cm³/mol. The average molecular weight is 458 g/mol. The molecule has 0 aliphatic heterocycles. The van der Waals surface area contributed by atoms with Crippen LogP contribution in [0.4, 0.5) is 10.8 Å². The second-order valence-corrected chi connectivity index (χ2v) is 8.18. The SMILES string of the molecule is O=C(NC(Cc1ccccc1)C(=O)OCc1csc(Nc2ccccc2)n1)c1ccccc1. The molecule has 0 spiro atoms. The highest BCUT2D eigenvalue weighted by atomic mass is 32.1. The molecular weight excluding hydrogens is 434 g/mol. The van der Waals surface area contributed by atoms with Crippen LogP contribution in [0.2, 0.25) is 0 Å². The summed E-state index contributed by atoms with van der Waals surface area (Å²) in [4.78, 5) is 30.0. The molecule has 1 amide bonds. The van der Waals surface area contributed by atoms with E-state index < -0.39 is 12.0 Å². The van der Waals surface area contributed by atoms with Crippen LogP contribution >= 0.6 is 11.3 Å². The molecule has 166 valence electrons. The molecule has 0 saturated carbocycles. The maximum Gasteiger partial charge on any atom is 0.329 e. The fraction of sp³-hybridized carbons (Fsp3) is 0.115. The topological polar surface area (TPSA) is 80.3 Å². The predicted octanol–water partition coefficient (Wildman–Crippen LogP) is 4.97. The lowest BCUT2D eigenvalue weighted by molar-refractivity contribution is -0.147. The molecule has 0 saturated heterocycles. The van der Waals surface area contributed by atoms with E-state index in [4.69, 9.17) is 4.74 Å². The lowest BCUT2D eigenvalue weighted by Gasteiger charge is -2.18. The van der Waals surface area contributed by atoms with Gasteiger partial charge in [-0.15, -0.1) is 11.3 Å². The summed E-state index contributed by atoms with van der Waals surface area (Å²) in [6, 6.07) is 27.2. The number of hydrogen-bond acceptors (Lipinski definition) is 6. The maximum atomic E-state index is 12.9. The fourth-order valence-electron chi connectivity index (χ4n) is 3.20. The molecule has 0 aliphatic rings. The van der Waals surface area contributed by atoms with Gasteiger partial charge < -0.3 is 15.4 Å². The van der Waals surface area contributed by atoms with Gasteiger partial charge in [-0.2, -0.15) is 0 Å². The van der Waals surface area contributed by atoms with Gasteiger partial charge in [0.1, 0.15) is 12.6 Å². The zero-order chi connectivity index (χ0) is 22.9. The Bertz CT molecular complexity index is 1180. The van der Waals surface area contributed by atoms with Gasteiger partial charge in [0.15, 0.2) is 5.13 Å². The summed E-state index contributed by atoms with van der Waals surface area (Å²) in [5, 5.41) is 8.59. The monoisotopic (exact) mass is 457 g/mol. The molecule has 7 heteroatoms. The van der Waals surface area contributed by atoms with Crippen molar-refractivity contribution in [3.63, 3.8) is 0 Å². The number of carbonyl (C=O) groups excluding carboxylic acids is 2. The number of rotatable bonds is 9. The Morgan fingerprint density at radius 2 is 1.52 bits per heavy atom. The average Bonchev–Trinajstić information content (AvgIpc) is 3.31. The van der Waals surface area contributed by atoms with Gasteiger partial charge in [0.25, 0.3) is 5.91 Å². The van der Waals surface area contributed by atoms with Crippen LogP contribution in [0.15, 0.2) is 96.4 Å². The van der Waals surface area contributed by atoms with E-state index in [1.807, 2.05) is 72.1 Å². The molecule has 1 heterocycles. The van der Waals surface area contributed by atoms with Crippen molar-refractivity contribution in [1.82, 2.24) is 10.3 Å². The van der Waals surface area contributed by atoms with E-state index >= 15 is 0 Å². The van der Waals surface area contributed by atoms with Crippen LogP contribution < -0.4 is 10.6 Å². The molecule has 0 radical (unpaired) electrons. The van der Waals surface area contributed by atoms with Gasteiger partial charge in [-0.05, 0) is 29.8 Å². The van der Waals surface area contributed by atoms with Gasteiger partial charge >= 0.3 is 5.97 Å². The summed E-state index contributed by atoms with van der Waals surface area (Å²) < 4.78 is 5.53. The van der Waals surface area contributed by atoms with Gasteiger partial charge in [-0.25, -0.2) is 9.78 Å². The van der Waals surface area contributed by atoms with Crippen molar-refractivity contribution < 1.29 is 14.3 Å². The highest BCUT2D eigenvalue weighted by molar-refractivity contribution is 7.13. The molecular formula is C26H23N3O3S. The number of ether oxygens (including phenoxy) is 1. The third kappa shape index (κ3) is 6.51. The highest BCUT2D eigenvalue weighted by Crippen LogP contribution is 2.21. The number of amides is 1. The molecule has 1 unspecified atom stereocenters. The number of para-hydroxylation sites is 1. The Kier molecular flexibility index (Phi) is 7.45. The maximum absolute atomic E-state index is 12.9. The summed E-state index contributed by atoms with van der Waals surface area (Å²) in [7, 11) is 0. The first-order valence-corrected chi connectivity index (χ1v) is 11.4. The second-order valence-electron chi connectivity index (χ2n) is 7.32. The van der Waals surface area contributed by atoms with Crippen molar-refractivity contribution >= 4 is 34.0 Å².